The summed E-state index contributed by atoms with van der Waals surface area (Å²) in [6.07, 6.45) is -1.99. The van der Waals surface area contributed by atoms with Gasteiger partial charge in [-0.1, -0.05) is 6.92 Å². The maximum Gasteiger partial charge on any atom is 0.418 e. The molecule has 1 aromatic carbocycles. The summed E-state index contributed by atoms with van der Waals surface area (Å²) in [6.45, 7) is 1.75. The summed E-state index contributed by atoms with van der Waals surface area (Å²) in [7, 11) is 0. The average Bonchev–Trinajstić information content (AvgIpc) is 3.40. The second-order valence-electron chi connectivity index (χ2n) is 9.38. The van der Waals surface area contributed by atoms with Gasteiger partial charge in [0.1, 0.15) is 18.2 Å². The quantitative estimate of drug-likeness (QED) is 0.541. The molecule has 1 aromatic rings. The topological polar surface area (TPSA) is 117 Å². The van der Waals surface area contributed by atoms with E-state index in [1.165, 1.54) is 6.07 Å². The number of nitrogens with one attached hydrogen (secondary N) is 3. The molecule has 2 aliphatic heterocycles. The number of alkyl halides is 3. The number of carbonyl (C=O) groups excluding carboxylic acids is 4. The molecule has 1 atom stereocenters. The first-order chi connectivity index (χ1) is 16.5. The number of anilines is 2. The van der Waals surface area contributed by atoms with Gasteiger partial charge in [-0.2, -0.15) is 13.2 Å². The molecule has 3 N–H and O–H groups in total. The van der Waals surface area contributed by atoms with E-state index in [0.717, 1.165) is 23.8 Å². The molecular weight excluding hydrogens is 469 g/mol. The Morgan fingerprint density at radius 3 is 2.51 bits per heavy atom. The predicted molar refractivity (Wildman–Crippen MR) is 118 cm³/mol. The number of amides is 5. The van der Waals surface area contributed by atoms with Gasteiger partial charge in [0, 0.05) is 12.3 Å². The van der Waals surface area contributed by atoms with Crippen molar-refractivity contribution in [1.29, 1.82) is 0 Å². The molecule has 5 amide bonds. The van der Waals surface area contributed by atoms with Crippen LogP contribution in [0.4, 0.5) is 29.3 Å². The number of rotatable bonds is 5. The summed E-state index contributed by atoms with van der Waals surface area (Å²) < 4.78 is 46.3. The maximum absolute atomic E-state index is 13.7. The minimum atomic E-state index is -4.84. The standard InChI is InChI=1S/C23H27F3N4O5/c1-13-6-8-22(9-7-13)20(33)30(21(34)29-22)12-18(31)28-16-5-4-14(11-15(16)23(24,25)26)27-19(32)17-3-2-10-35-17/h4-5,11,13,17H,2-3,6-10,12H2,1H3,(H,27,32)(H,28,31)(H,29,34). The van der Waals surface area contributed by atoms with Crippen LogP contribution >= 0.6 is 0 Å². The number of imide groups is 1. The fraction of sp³-hybridized carbons (Fsp3) is 0.565. The minimum Gasteiger partial charge on any atom is -0.368 e. The van der Waals surface area contributed by atoms with E-state index in [-0.39, 0.29) is 5.69 Å². The van der Waals surface area contributed by atoms with Gasteiger partial charge < -0.3 is 20.7 Å². The van der Waals surface area contributed by atoms with Gasteiger partial charge in [0.15, 0.2) is 0 Å². The monoisotopic (exact) mass is 496 g/mol. The molecule has 4 rings (SSSR count). The number of benzene rings is 1. The lowest BCUT2D eigenvalue weighted by Gasteiger charge is -2.33. The number of ether oxygens (including phenoxy) is 1. The Labute approximate surface area is 199 Å². The normalized spacial score (nSPS) is 26.7. The highest BCUT2D eigenvalue weighted by Gasteiger charge is 2.52. The number of urea groups is 1. The van der Waals surface area contributed by atoms with Crippen LogP contribution in [0, 0.1) is 5.92 Å². The van der Waals surface area contributed by atoms with Crippen molar-refractivity contribution in [3.05, 3.63) is 23.8 Å². The molecule has 1 unspecified atom stereocenters. The van der Waals surface area contributed by atoms with Crippen molar-refractivity contribution in [2.45, 2.75) is 63.3 Å². The smallest absolute Gasteiger partial charge is 0.368 e. The van der Waals surface area contributed by atoms with Crippen molar-refractivity contribution in [1.82, 2.24) is 10.2 Å². The van der Waals surface area contributed by atoms with Crippen molar-refractivity contribution in [3.63, 3.8) is 0 Å². The molecule has 190 valence electrons. The molecule has 1 aliphatic carbocycles. The lowest BCUT2D eigenvalue weighted by molar-refractivity contribution is -0.137. The largest absolute Gasteiger partial charge is 0.418 e. The van der Waals surface area contributed by atoms with E-state index in [9.17, 15) is 32.3 Å². The Morgan fingerprint density at radius 2 is 1.89 bits per heavy atom. The zero-order valence-corrected chi connectivity index (χ0v) is 19.2. The minimum absolute atomic E-state index is 0.0987. The third kappa shape index (κ3) is 5.26. The molecular formula is C23H27F3N4O5. The third-order valence-electron chi connectivity index (χ3n) is 6.76. The van der Waals surface area contributed by atoms with E-state index in [4.69, 9.17) is 4.74 Å². The molecule has 1 spiro atoms. The molecule has 3 aliphatic rings. The second-order valence-corrected chi connectivity index (χ2v) is 9.38. The molecule has 0 bridgehead atoms. The first-order valence-electron chi connectivity index (χ1n) is 11.6. The van der Waals surface area contributed by atoms with E-state index in [1.807, 2.05) is 0 Å². The van der Waals surface area contributed by atoms with Gasteiger partial charge >= 0.3 is 12.2 Å². The molecule has 2 heterocycles. The van der Waals surface area contributed by atoms with Gasteiger partial charge in [0.25, 0.3) is 11.8 Å². The van der Waals surface area contributed by atoms with Crippen molar-refractivity contribution in [2.75, 3.05) is 23.8 Å². The van der Waals surface area contributed by atoms with Crippen molar-refractivity contribution < 1.29 is 37.1 Å². The van der Waals surface area contributed by atoms with Crippen molar-refractivity contribution in [2.24, 2.45) is 5.92 Å². The lowest BCUT2D eigenvalue weighted by Crippen LogP contribution is -2.49. The van der Waals surface area contributed by atoms with Gasteiger partial charge in [0.05, 0.1) is 11.3 Å². The van der Waals surface area contributed by atoms with Crippen LogP contribution in [0.25, 0.3) is 0 Å². The van der Waals surface area contributed by atoms with Gasteiger partial charge in [-0.25, -0.2) is 4.79 Å². The molecule has 2 saturated heterocycles. The molecule has 0 aromatic heterocycles. The van der Waals surface area contributed by atoms with Crippen LogP contribution in [0.3, 0.4) is 0 Å². The molecule has 9 nitrogen and oxygen atoms in total. The Morgan fingerprint density at radius 1 is 1.17 bits per heavy atom. The second kappa shape index (κ2) is 9.48. The Balaban J connectivity index is 1.45. The summed E-state index contributed by atoms with van der Waals surface area (Å²) in [5.74, 6) is -1.61. The summed E-state index contributed by atoms with van der Waals surface area (Å²) in [4.78, 5) is 50.8. The summed E-state index contributed by atoms with van der Waals surface area (Å²) in [5.41, 5.74) is -2.88. The Hall–Kier alpha value is -3.15. The van der Waals surface area contributed by atoms with E-state index >= 15 is 0 Å². The number of hydrogen-bond acceptors (Lipinski definition) is 5. The van der Waals surface area contributed by atoms with Crippen LogP contribution in [0.2, 0.25) is 0 Å². The van der Waals surface area contributed by atoms with E-state index in [2.05, 4.69) is 22.9 Å². The number of nitrogens with zero attached hydrogens (tertiary/aromatic N) is 1. The van der Waals surface area contributed by atoms with Crippen LogP contribution in [-0.2, 0) is 25.3 Å². The van der Waals surface area contributed by atoms with Crippen molar-refractivity contribution in [3.8, 4) is 0 Å². The highest BCUT2D eigenvalue weighted by atomic mass is 19.4. The fourth-order valence-electron chi connectivity index (χ4n) is 4.72. The van der Waals surface area contributed by atoms with Gasteiger partial charge in [-0.05, 0) is 62.6 Å². The van der Waals surface area contributed by atoms with Crippen LogP contribution in [0.5, 0.6) is 0 Å². The number of halogens is 3. The molecule has 1 saturated carbocycles. The Bertz CT molecular complexity index is 1030. The van der Waals surface area contributed by atoms with Gasteiger partial charge in [-0.15, -0.1) is 0 Å². The van der Waals surface area contributed by atoms with E-state index in [1.54, 1.807) is 0 Å². The van der Waals surface area contributed by atoms with Crippen LogP contribution < -0.4 is 16.0 Å². The first kappa shape index (κ1) is 25.0. The molecule has 12 heteroatoms. The SMILES string of the molecule is CC1CCC2(CC1)NC(=O)N(CC(=O)Nc1ccc(NC(=O)C3CCCO3)cc1C(F)(F)F)C2=O. The third-order valence-corrected chi connectivity index (χ3v) is 6.76. The van der Waals surface area contributed by atoms with Crippen LogP contribution in [-0.4, -0.2) is 53.4 Å². The first-order valence-corrected chi connectivity index (χ1v) is 11.6. The zero-order chi connectivity index (χ0) is 25.4. The summed E-state index contributed by atoms with van der Waals surface area (Å²) in [6, 6.07) is 2.22. The fourth-order valence-corrected chi connectivity index (χ4v) is 4.72. The van der Waals surface area contributed by atoms with E-state index in [0.29, 0.717) is 44.3 Å². The number of carbonyl (C=O) groups is 4. The van der Waals surface area contributed by atoms with Crippen LogP contribution in [0.15, 0.2) is 18.2 Å². The summed E-state index contributed by atoms with van der Waals surface area (Å²) >= 11 is 0. The lowest BCUT2D eigenvalue weighted by atomic mass is 9.77. The molecule has 3 fully saturated rings. The molecule has 35 heavy (non-hydrogen) atoms. The average molecular weight is 496 g/mol. The zero-order valence-electron chi connectivity index (χ0n) is 19.2. The van der Waals surface area contributed by atoms with Crippen LogP contribution in [0.1, 0.15) is 51.0 Å². The predicted octanol–water partition coefficient (Wildman–Crippen LogP) is 3.26. The summed E-state index contributed by atoms with van der Waals surface area (Å²) in [5, 5.41) is 7.22. The Kier molecular flexibility index (Phi) is 6.76. The number of hydrogen-bond donors (Lipinski definition) is 3. The van der Waals surface area contributed by atoms with Gasteiger partial charge in [0.2, 0.25) is 5.91 Å². The van der Waals surface area contributed by atoms with Gasteiger partial charge in [-0.3, -0.25) is 19.3 Å². The highest BCUT2D eigenvalue weighted by molar-refractivity contribution is 6.10. The molecule has 0 radical (unpaired) electrons. The highest BCUT2D eigenvalue weighted by Crippen LogP contribution is 2.38. The van der Waals surface area contributed by atoms with E-state index < -0.39 is 59.4 Å². The maximum atomic E-state index is 13.7. The van der Waals surface area contributed by atoms with Crippen molar-refractivity contribution >= 4 is 35.1 Å².